The molecule has 3 heterocycles. The molecule has 2 aromatic heterocycles. The zero-order valence-corrected chi connectivity index (χ0v) is 14.2. The highest BCUT2D eigenvalue weighted by Crippen LogP contribution is 2.41. The SMILES string of the molecule is Cc1nn(-c2ncccn2)c2c1C(c1cccc(C(F)(F)F)c1)CC(=O)N2. The third-order valence-corrected chi connectivity index (χ3v) is 4.46. The maximum atomic E-state index is 13.1. The lowest BCUT2D eigenvalue weighted by atomic mass is 9.85. The van der Waals surface area contributed by atoms with Crippen molar-refractivity contribution in [3.8, 4) is 5.95 Å². The van der Waals surface area contributed by atoms with E-state index in [-0.39, 0.29) is 18.3 Å². The lowest BCUT2D eigenvalue weighted by molar-refractivity contribution is -0.137. The van der Waals surface area contributed by atoms with Crippen LogP contribution in [0.3, 0.4) is 0 Å². The molecule has 1 unspecified atom stereocenters. The van der Waals surface area contributed by atoms with E-state index >= 15 is 0 Å². The summed E-state index contributed by atoms with van der Waals surface area (Å²) in [7, 11) is 0. The highest BCUT2D eigenvalue weighted by Gasteiger charge is 2.35. The molecule has 0 saturated heterocycles. The van der Waals surface area contributed by atoms with Gasteiger partial charge in [-0.3, -0.25) is 4.79 Å². The number of fused-ring (bicyclic) bond motifs is 1. The number of nitrogens with zero attached hydrogens (tertiary/aromatic N) is 4. The van der Waals surface area contributed by atoms with Crippen LogP contribution >= 0.6 is 0 Å². The second kappa shape index (κ2) is 6.19. The minimum absolute atomic E-state index is 0.0382. The first-order valence-corrected chi connectivity index (χ1v) is 8.18. The number of alkyl halides is 3. The Morgan fingerprint density at radius 1 is 1.19 bits per heavy atom. The van der Waals surface area contributed by atoms with E-state index in [9.17, 15) is 18.0 Å². The van der Waals surface area contributed by atoms with E-state index in [1.54, 1.807) is 31.5 Å². The van der Waals surface area contributed by atoms with Crippen molar-refractivity contribution in [2.24, 2.45) is 0 Å². The minimum Gasteiger partial charge on any atom is -0.310 e. The summed E-state index contributed by atoms with van der Waals surface area (Å²) in [5.74, 6) is -0.181. The van der Waals surface area contributed by atoms with Gasteiger partial charge in [-0.05, 0) is 24.6 Å². The standard InChI is InChI=1S/C18H14F3N5O/c1-10-15-13(11-4-2-5-12(8-11)18(19,20)21)9-14(27)24-16(15)26(25-10)17-22-6-3-7-23-17/h2-8,13H,9H2,1H3,(H,24,27). The van der Waals surface area contributed by atoms with Crippen LogP contribution in [0.25, 0.3) is 5.95 Å². The summed E-state index contributed by atoms with van der Waals surface area (Å²) in [6, 6.07) is 6.70. The molecule has 0 bridgehead atoms. The van der Waals surface area contributed by atoms with Gasteiger partial charge in [-0.1, -0.05) is 18.2 Å². The van der Waals surface area contributed by atoms with Crippen LogP contribution < -0.4 is 5.32 Å². The molecular weight excluding hydrogens is 359 g/mol. The Kier molecular flexibility index (Phi) is 3.94. The maximum absolute atomic E-state index is 13.1. The molecule has 1 amide bonds. The topological polar surface area (TPSA) is 72.7 Å². The Labute approximate surface area is 152 Å². The van der Waals surface area contributed by atoms with Crippen LogP contribution in [0.1, 0.15) is 34.7 Å². The highest BCUT2D eigenvalue weighted by molar-refractivity contribution is 5.95. The van der Waals surface area contributed by atoms with Crippen LogP contribution in [0.4, 0.5) is 19.0 Å². The summed E-state index contributed by atoms with van der Waals surface area (Å²) in [6.07, 6.45) is -1.33. The molecule has 3 aromatic rings. The fourth-order valence-electron chi connectivity index (χ4n) is 3.31. The van der Waals surface area contributed by atoms with Crippen LogP contribution in [0.2, 0.25) is 0 Å². The molecule has 0 radical (unpaired) electrons. The number of hydrogen-bond acceptors (Lipinski definition) is 4. The third-order valence-electron chi connectivity index (χ3n) is 4.46. The molecule has 1 aromatic carbocycles. The van der Waals surface area contributed by atoms with Crippen molar-refractivity contribution in [3.05, 3.63) is 65.1 Å². The predicted octanol–water partition coefficient (Wildman–Crippen LogP) is 3.46. The van der Waals surface area contributed by atoms with Crippen molar-refractivity contribution in [2.75, 3.05) is 5.32 Å². The summed E-state index contributed by atoms with van der Waals surface area (Å²) in [5, 5.41) is 7.15. The molecule has 0 fully saturated rings. The number of aromatic nitrogens is 4. The number of halogens is 3. The van der Waals surface area contributed by atoms with Crippen LogP contribution in [-0.4, -0.2) is 25.7 Å². The predicted molar refractivity (Wildman–Crippen MR) is 90.4 cm³/mol. The van der Waals surface area contributed by atoms with E-state index in [1.807, 2.05) is 0 Å². The van der Waals surface area contributed by atoms with Gasteiger partial charge in [0.15, 0.2) is 0 Å². The molecular formula is C18H14F3N5O. The van der Waals surface area contributed by atoms with Crippen molar-refractivity contribution >= 4 is 11.7 Å². The molecule has 1 N–H and O–H groups in total. The second-order valence-electron chi connectivity index (χ2n) is 6.24. The van der Waals surface area contributed by atoms with Crippen molar-refractivity contribution < 1.29 is 18.0 Å². The van der Waals surface area contributed by atoms with E-state index in [4.69, 9.17) is 0 Å². The minimum atomic E-state index is -4.45. The van der Waals surface area contributed by atoms with Gasteiger partial charge in [0, 0.05) is 30.3 Å². The number of benzene rings is 1. The number of hydrogen-bond donors (Lipinski definition) is 1. The summed E-state index contributed by atoms with van der Waals surface area (Å²) in [5.41, 5.74) is 0.933. The molecule has 0 spiro atoms. The number of amides is 1. The largest absolute Gasteiger partial charge is 0.416 e. The number of aryl methyl sites for hydroxylation is 1. The fraction of sp³-hybridized carbons (Fsp3) is 0.222. The number of carbonyl (C=O) groups is 1. The van der Waals surface area contributed by atoms with Gasteiger partial charge in [0.05, 0.1) is 11.3 Å². The summed E-state index contributed by atoms with van der Waals surface area (Å²) >= 11 is 0. The number of nitrogens with one attached hydrogen (secondary N) is 1. The van der Waals surface area contributed by atoms with Gasteiger partial charge in [0.25, 0.3) is 5.95 Å². The van der Waals surface area contributed by atoms with Gasteiger partial charge < -0.3 is 5.32 Å². The van der Waals surface area contributed by atoms with Gasteiger partial charge in [-0.25, -0.2) is 9.97 Å². The Morgan fingerprint density at radius 2 is 1.93 bits per heavy atom. The van der Waals surface area contributed by atoms with E-state index in [1.165, 1.54) is 10.7 Å². The summed E-state index contributed by atoms with van der Waals surface area (Å²) < 4.78 is 40.7. The number of anilines is 1. The molecule has 0 aliphatic carbocycles. The average molecular weight is 373 g/mol. The highest BCUT2D eigenvalue weighted by atomic mass is 19.4. The average Bonchev–Trinajstić information content (AvgIpc) is 2.98. The zero-order chi connectivity index (χ0) is 19.2. The normalized spacial score (nSPS) is 16.7. The van der Waals surface area contributed by atoms with Gasteiger partial charge in [0.2, 0.25) is 5.91 Å². The van der Waals surface area contributed by atoms with Gasteiger partial charge >= 0.3 is 6.18 Å². The smallest absolute Gasteiger partial charge is 0.310 e. The first-order chi connectivity index (χ1) is 12.8. The van der Waals surface area contributed by atoms with E-state index in [2.05, 4.69) is 20.4 Å². The van der Waals surface area contributed by atoms with Gasteiger partial charge in [-0.15, -0.1) is 0 Å². The fourth-order valence-corrected chi connectivity index (χ4v) is 3.31. The van der Waals surface area contributed by atoms with Gasteiger partial charge in [0.1, 0.15) is 5.82 Å². The lowest BCUT2D eigenvalue weighted by Gasteiger charge is -2.24. The Morgan fingerprint density at radius 3 is 2.63 bits per heavy atom. The molecule has 9 heteroatoms. The monoisotopic (exact) mass is 373 g/mol. The second-order valence-corrected chi connectivity index (χ2v) is 6.24. The van der Waals surface area contributed by atoms with E-state index in [0.717, 1.165) is 12.1 Å². The third kappa shape index (κ3) is 3.05. The molecule has 27 heavy (non-hydrogen) atoms. The van der Waals surface area contributed by atoms with Crippen LogP contribution in [0, 0.1) is 6.92 Å². The summed E-state index contributed by atoms with van der Waals surface area (Å²) in [4.78, 5) is 20.5. The first kappa shape index (κ1) is 17.2. The Hall–Kier alpha value is -3.23. The van der Waals surface area contributed by atoms with Crippen LogP contribution in [-0.2, 0) is 11.0 Å². The Balaban J connectivity index is 1.85. The maximum Gasteiger partial charge on any atom is 0.416 e. The van der Waals surface area contributed by atoms with Crippen molar-refractivity contribution in [1.82, 2.24) is 19.7 Å². The zero-order valence-electron chi connectivity index (χ0n) is 14.2. The molecule has 1 aliphatic heterocycles. The lowest BCUT2D eigenvalue weighted by Crippen LogP contribution is -2.25. The van der Waals surface area contributed by atoms with Crippen LogP contribution in [0.15, 0.2) is 42.7 Å². The van der Waals surface area contributed by atoms with E-state index < -0.39 is 17.7 Å². The molecule has 4 rings (SSSR count). The van der Waals surface area contributed by atoms with Crippen molar-refractivity contribution in [1.29, 1.82) is 0 Å². The molecule has 1 atom stereocenters. The molecule has 138 valence electrons. The summed E-state index contributed by atoms with van der Waals surface area (Å²) in [6.45, 7) is 1.75. The quantitative estimate of drug-likeness (QED) is 0.747. The molecule has 1 aliphatic rings. The number of rotatable bonds is 2. The Bertz CT molecular complexity index is 1010. The van der Waals surface area contributed by atoms with Crippen molar-refractivity contribution in [3.63, 3.8) is 0 Å². The molecule has 0 saturated carbocycles. The van der Waals surface area contributed by atoms with Gasteiger partial charge in [-0.2, -0.15) is 23.0 Å². The first-order valence-electron chi connectivity index (χ1n) is 8.18. The number of carbonyl (C=O) groups excluding carboxylic acids is 1. The molecule has 6 nitrogen and oxygen atoms in total. The van der Waals surface area contributed by atoms with Crippen LogP contribution in [0.5, 0.6) is 0 Å². The van der Waals surface area contributed by atoms with E-state index in [0.29, 0.717) is 22.6 Å². The van der Waals surface area contributed by atoms with Crippen molar-refractivity contribution in [2.45, 2.75) is 25.4 Å².